The predicted octanol–water partition coefficient (Wildman–Crippen LogP) is 3.65. The topological polar surface area (TPSA) is 31.2 Å². The lowest BCUT2D eigenvalue weighted by Crippen LogP contribution is -2.03. The van der Waals surface area contributed by atoms with Gasteiger partial charge < -0.3 is 9.30 Å². The Labute approximate surface area is 121 Å². The number of halogens is 1. The fraction of sp³-hybridized carbons (Fsp3) is 0.118. The minimum Gasteiger partial charge on any atom is -0.497 e. The summed E-state index contributed by atoms with van der Waals surface area (Å²) in [7, 11) is 1.61. The Hall–Kier alpha value is -2.62. The maximum Gasteiger partial charge on any atom is 0.166 e. The number of hydrogen-bond acceptors (Lipinski definition) is 2. The van der Waals surface area contributed by atoms with Gasteiger partial charge in [0.1, 0.15) is 11.6 Å². The van der Waals surface area contributed by atoms with Crippen LogP contribution in [0.2, 0.25) is 0 Å². The number of carbonyl (C=O) groups is 1. The molecule has 21 heavy (non-hydrogen) atoms. The molecular formula is C17H14FNO2. The van der Waals surface area contributed by atoms with Crippen LogP contribution in [0.25, 0.3) is 10.9 Å². The van der Waals surface area contributed by atoms with E-state index in [-0.39, 0.29) is 5.82 Å². The van der Waals surface area contributed by atoms with Crippen molar-refractivity contribution < 1.29 is 13.9 Å². The molecule has 4 heteroatoms. The van der Waals surface area contributed by atoms with Gasteiger partial charge in [0.25, 0.3) is 0 Å². The van der Waals surface area contributed by atoms with Crippen molar-refractivity contribution in [3.8, 4) is 5.75 Å². The number of methoxy groups -OCH3 is 1. The Morgan fingerprint density at radius 3 is 2.57 bits per heavy atom. The summed E-state index contributed by atoms with van der Waals surface area (Å²) in [5.41, 5.74) is 2.26. The smallest absolute Gasteiger partial charge is 0.166 e. The van der Waals surface area contributed by atoms with Gasteiger partial charge in [0, 0.05) is 11.9 Å². The molecule has 0 aliphatic heterocycles. The van der Waals surface area contributed by atoms with Gasteiger partial charge in [0.2, 0.25) is 0 Å². The minimum absolute atomic E-state index is 0.311. The van der Waals surface area contributed by atoms with Crippen LogP contribution >= 0.6 is 0 Å². The lowest BCUT2D eigenvalue weighted by Gasteiger charge is -2.09. The van der Waals surface area contributed by atoms with Gasteiger partial charge >= 0.3 is 0 Å². The summed E-state index contributed by atoms with van der Waals surface area (Å²) in [6.07, 6.45) is 0.793. The summed E-state index contributed by atoms with van der Waals surface area (Å²) in [5.74, 6) is 0.465. The van der Waals surface area contributed by atoms with Crippen LogP contribution in [0.4, 0.5) is 4.39 Å². The molecule has 0 atom stereocenters. The van der Waals surface area contributed by atoms with Crippen LogP contribution in [-0.2, 0) is 6.54 Å². The van der Waals surface area contributed by atoms with E-state index in [0.29, 0.717) is 17.8 Å². The van der Waals surface area contributed by atoms with Gasteiger partial charge in [-0.1, -0.05) is 12.1 Å². The van der Waals surface area contributed by atoms with E-state index in [1.165, 1.54) is 12.1 Å². The number of carbonyl (C=O) groups excluding carboxylic acids is 1. The molecule has 1 heterocycles. The molecule has 2 aromatic carbocycles. The van der Waals surface area contributed by atoms with Gasteiger partial charge in [-0.2, -0.15) is 0 Å². The molecule has 3 aromatic rings. The van der Waals surface area contributed by atoms with E-state index in [0.717, 1.165) is 23.0 Å². The molecule has 0 saturated carbocycles. The first-order valence-electron chi connectivity index (χ1n) is 6.58. The fourth-order valence-electron chi connectivity index (χ4n) is 2.44. The third-order valence-electron chi connectivity index (χ3n) is 3.52. The lowest BCUT2D eigenvalue weighted by molar-refractivity contribution is 0.111. The van der Waals surface area contributed by atoms with Crippen LogP contribution < -0.4 is 4.74 Å². The second-order valence-electron chi connectivity index (χ2n) is 4.82. The molecule has 0 unspecified atom stereocenters. The van der Waals surface area contributed by atoms with Crippen molar-refractivity contribution in [2.24, 2.45) is 0 Å². The van der Waals surface area contributed by atoms with Crippen molar-refractivity contribution in [3.05, 3.63) is 65.6 Å². The zero-order valence-corrected chi connectivity index (χ0v) is 11.5. The van der Waals surface area contributed by atoms with E-state index in [9.17, 15) is 9.18 Å². The molecule has 0 fully saturated rings. The van der Waals surface area contributed by atoms with Crippen LogP contribution in [0.5, 0.6) is 5.75 Å². The Balaban J connectivity index is 2.05. The van der Waals surface area contributed by atoms with Gasteiger partial charge in [0.05, 0.1) is 18.3 Å². The molecule has 0 aliphatic rings. The third-order valence-corrected chi connectivity index (χ3v) is 3.52. The van der Waals surface area contributed by atoms with Gasteiger partial charge in [-0.15, -0.1) is 0 Å². The highest BCUT2D eigenvalue weighted by Crippen LogP contribution is 2.22. The predicted molar refractivity (Wildman–Crippen MR) is 79.4 cm³/mol. The van der Waals surface area contributed by atoms with Crippen LogP contribution in [0.1, 0.15) is 16.1 Å². The number of nitrogens with zero attached hydrogens (tertiary/aromatic N) is 1. The number of hydrogen-bond donors (Lipinski definition) is 0. The summed E-state index contributed by atoms with van der Waals surface area (Å²) in [5, 5.41) is 0.854. The van der Waals surface area contributed by atoms with Crippen molar-refractivity contribution in [1.82, 2.24) is 4.57 Å². The summed E-state index contributed by atoms with van der Waals surface area (Å²) >= 11 is 0. The number of rotatable bonds is 4. The number of benzene rings is 2. The molecule has 0 radical (unpaired) electrons. The zero-order valence-electron chi connectivity index (χ0n) is 11.5. The maximum absolute atomic E-state index is 13.4. The molecule has 1 aromatic heterocycles. The van der Waals surface area contributed by atoms with E-state index in [4.69, 9.17) is 4.74 Å². The quantitative estimate of drug-likeness (QED) is 0.684. The molecule has 0 bridgehead atoms. The average Bonchev–Trinajstić information content (AvgIpc) is 2.85. The SMILES string of the molecule is COc1ccc(Cn2c(C=O)cc3ccc(F)cc32)cc1. The lowest BCUT2D eigenvalue weighted by atomic mass is 10.2. The molecule has 0 amide bonds. The highest BCUT2D eigenvalue weighted by molar-refractivity contribution is 5.89. The Morgan fingerprint density at radius 2 is 1.90 bits per heavy atom. The number of fused-ring (bicyclic) bond motifs is 1. The number of aromatic nitrogens is 1. The second kappa shape index (κ2) is 5.40. The first kappa shape index (κ1) is 13.4. The molecule has 0 saturated heterocycles. The molecule has 3 rings (SSSR count). The Morgan fingerprint density at radius 1 is 1.14 bits per heavy atom. The number of aldehydes is 1. The van der Waals surface area contributed by atoms with Crippen molar-refractivity contribution in [2.75, 3.05) is 7.11 Å². The van der Waals surface area contributed by atoms with E-state index in [2.05, 4.69) is 0 Å². The summed E-state index contributed by atoms with van der Waals surface area (Å²) in [6, 6.07) is 13.9. The van der Waals surface area contributed by atoms with Crippen LogP contribution in [-0.4, -0.2) is 18.0 Å². The average molecular weight is 283 g/mol. The third kappa shape index (κ3) is 2.52. The van der Waals surface area contributed by atoms with Crippen LogP contribution in [0.15, 0.2) is 48.5 Å². The molecular weight excluding hydrogens is 269 g/mol. The van der Waals surface area contributed by atoms with Crippen molar-refractivity contribution in [2.45, 2.75) is 6.54 Å². The van der Waals surface area contributed by atoms with Crippen LogP contribution in [0.3, 0.4) is 0 Å². The summed E-state index contributed by atoms with van der Waals surface area (Å²) in [6.45, 7) is 0.505. The molecule has 0 N–H and O–H groups in total. The molecule has 0 aliphatic carbocycles. The largest absolute Gasteiger partial charge is 0.497 e. The van der Waals surface area contributed by atoms with Gasteiger partial charge in [-0.3, -0.25) is 4.79 Å². The summed E-state index contributed by atoms with van der Waals surface area (Å²) < 4.78 is 20.4. The monoisotopic (exact) mass is 283 g/mol. The Bertz CT molecular complexity index is 790. The standard InChI is InChI=1S/C17H14FNO2/c1-21-16-6-2-12(3-7-16)10-19-15(11-20)8-13-4-5-14(18)9-17(13)19/h2-9,11H,10H2,1H3. The minimum atomic E-state index is -0.311. The maximum atomic E-state index is 13.4. The second-order valence-corrected chi connectivity index (χ2v) is 4.82. The zero-order chi connectivity index (χ0) is 14.8. The number of ether oxygens (including phenoxy) is 1. The van der Waals surface area contributed by atoms with Crippen molar-refractivity contribution >= 4 is 17.2 Å². The van der Waals surface area contributed by atoms with Gasteiger partial charge in [-0.05, 0) is 42.0 Å². The normalized spacial score (nSPS) is 10.8. The first-order valence-corrected chi connectivity index (χ1v) is 6.58. The molecule has 3 nitrogen and oxygen atoms in total. The highest BCUT2D eigenvalue weighted by atomic mass is 19.1. The first-order chi connectivity index (χ1) is 10.2. The Kier molecular flexibility index (Phi) is 3.44. The van der Waals surface area contributed by atoms with Crippen LogP contribution in [0, 0.1) is 5.82 Å². The highest BCUT2D eigenvalue weighted by Gasteiger charge is 2.09. The molecule has 106 valence electrons. The summed E-state index contributed by atoms with van der Waals surface area (Å²) in [4.78, 5) is 11.2. The van der Waals surface area contributed by atoms with E-state index in [1.807, 2.05) is 28.8 Å². The fourth-order valence-corrected chi connectivity index (χ4v) is 2.44. The molecule has 0 spiro atoms. The van der Waals surface area contributed by atoms with Gasteiger partial charge in [0.15, 0.2) is 6.29 Å². The van der Waals surface area contributed by atoms with E-state index >= 15 is 0 Å². The van der Waals surface area contributed by atoms with Crippen molar-refractivity contribution in [3.63, 3.8) is 0 Å². The van der Waals surface area contributed by atoms with E-state index in [1.54, 1.807) is 19.2 Å². The van der Waals surface area contributed by atoms with Gasteiger partial charge in [-0.25, -0.2) is 4.39 Å². The van der Waals surface area contributed by atoms with Crippen molar-refractivity contribution in [1.29, 1.82) is 0 Å². The van der Waals surface area contributed by atoms with E-state index < -0.39 is 0 Å².